The van der Waals surface area contributed by atoms with Gasteiger partial charge in [-0.2, -0.15) is 0 Å². The molecule has 2 aromatic rings. The van der Waals surface area contributed by atoms with Crippen LogP contribution in [0.3, 0.4) is 0 Å². The van der Waals surface area contributed by atoms with Crippen molar-refractivity contribution in [2.75, 3.05) is 0 Å². The van der Waals surface area contributed by atoms with E-state index in [1.54, 1.807) is 11.3 Å². The van der Waals surface area contributed by atoms with Crippen molar-refractivity contribution in [1.82, 2.24) is 10.3 Å². The van der Waals surface area contributed by atoms with Gasteiger partial charge < -0.3 is 11.1 Å². The fourth-order valence-corrected chi connectivity index (χ4v) is 2.78. The summed E-state index contributed by atoms with van der Waals surface area (Å²) in [4.78, 5) is 16.6. The van der Waals surface area contributed by atoms with E-state index in [0.717, 1.165) is 16.3 Å². The lowest BCUT2D eigenvalue weighted by atomic mass is 9.93. The van der Waals surface area contributed by atoms with Gasteiger partial charge in [-0.1, -0.05) is 51.1 Å². The van der Waals surface area contributed by atoms with E-state index in [-0.39, 0.29) is 36.1 Å². The third-order valence-electron chi connectivity index (χ3n) is 3.18. The van der Waals surface area contributed by atoms with Gasteiger partial charge in [-0.3, -0.25) is 4.79 Å². The zero-order valence-electron chi connectivity index (χ0n) is 13.4. The molecule has 0 bridgehead atoms. The average Bonchev–Trinajstić information content (AvgIpc) is 2.94. The predicted molar refractivity (Wildman–Crippen MR) is 101 cm³/mol. The number of halogens is 2. The summed E-state index contributed by atoms with van der Waals surface area (Å²) >= 11 is 1.56. The molecule has 0 radical (unpaired) electrons. The number of carbonyl (C=O) groups is 1. The summed E-state index contributed by atoms with van der Waals surface area (Å²) in [6, 6.07) is 8.71. The molecule has 4 nitrogen and oxygen atoms in total. The summed E-state index contributed by atoms with van der Waals surface area (Å²) in [6.45, 7) is 6.78. The number of benzene rings is 1. The van der Waals surface area contributed by atoms with Gasteiger partial charge in [0.05, 0.1) is 12.2 Å². The molecule has 1 unspecified atom stereocenters. The zero-order chi connectivity index (χ0) is 15.5. The van der Waals surface area contributed by atoms with E-state index in [4.69, 9.17) is 5.73 Å². The maximum atomic E-state index is 12.1. The van der Waals surface area contributed by atoms with Crippen LogP contribution >= 0.6 is 36.2 Å². The third-order valence-corrected chi connectivity index (χ3v) is 4.02. The third kappa shape index (κ3) is 6.11. The van der Waals surface area contributed by atoms with Crippen molar-refractivity contribution in [3.8, 4) is 0 Å². The average molecular weight is 376 g/mol. The van der Waals surface area contributed by atoms with Crippen molar-refractivity contribution in [3.63, 3.8) is 0 Å². The quantitative estimate of drug-likeness (QED) is 0.857. The standard InChI is InChI=1S/C16H21N3OS.2ClH/c1-16(2,3)12-10-21-13(19-12)9-18-15(20)14(17)11-7-5-4-6-8-11;;/h4-8,10,14H,9,17H2,1-3H3,(H,18,20);2*1H. The van der Waals surface area contributed by atoms with Crippen LogP contribution in [-0.2, 0) is 16.8 Å². The highest BCUT2D eigenvalue weighted by Gasteiger charge is 2.19. The molecule has 1 aromatic heterocycles. The Bertz CT molecular complexity index is 611. The van der Waals surface area contributed by atoms with Gasteiger partial charge in [0.2, 0.25) is 5.91 Å². The molecule has 1 amide bonds. The Kier molecular flexibility index (Phi) is 8.77. The lowest BCUT2D eigenvalue weighted by molar-refractivity contribution is -0.122. The molecule has 128 valence electrons. The minimum Gasteiger partial charge on any atom is -0.348 e. The number of hydrogen-bond donors (Lipinski definition) is 2. The fourth-order valence-electron chi connectivity index (χ4n) is 1.82. The van der Waals surface area contributed by atoms with Crippen LogP contribution in [0.4, 0.5) is 0 Å². The number of amides is 1. The molecule has 0 saturated carbocycles. The van der Waals surface area contributed by atoms with Gasteiger partial charge >= 0.3 is 0 Å². The van der Waals surface area contributed by atoms with Crippen LogP contribution in [0.5, 0.6) is 0 Å². The summed E-state index contributed by atoms with van der Waals surface area (Å²) < 4.78 is 0. The van der Waals surface area contributed by atoms with E-state index in [1.807, 2.05) is 35.7 Å². The molecule has 1 aromatic carbocycles. The number of carbonyl (C=O) groups excluding carboxylic acids is 1. The topological polar surface area (TPSA) is 68.0 Å². The van der Waals surface area contributed by atoms with Crippen LogP contribution in [0.2, 0.25) is 0 Å². The van der Waals surface area contributed by atoms with E-state index in [0.29, 0.717) is 6.54 Å². The van der Waals surface area contributed by atoms with Crippen molar-refractivity contribution in [2.24, 2.45) is 5.73 Å². The second kappa shape index (κ2) is 9.23. The summed E-state index contributed by atoms with van der Waals surface area (Å²) in [5.41, 5.74) is 7.83. The maximum absolute atomic E-state index is 12.1. The normalized spacial score (nSPS) is 11.8. The lowest BCUT2D eigenvalue weighted by Gasteiger charge is -2.14. The first-order valence-corrected chi connectivity index (χ1v) is 7.79. The van der Waals surface area contributed by atoms with Crippen molar-refractivity contribution in [2.45, 2.75) is 38.8 Å². The SMILES string of the molecule is CC(C)(C)c1csc(CNC(=O)C(N)c2ccccc2)n1.Cl.Cl. The van der Waals surface area contributed by atoms with Gasteiger partial charge in [-0.15, -0.1) is 36.2 Å². The maximum Gasteiger partial charge on any atom is 0.241 e. The van der Waals surface area contributed by atoms with Crippen LogP contribution in [0.1, 0.15) is 43.1 Å². The predicted octanol–water partition coefficient (Wildman–Crippen LogP) is 3.60. The van der Waals surface area contributed by atoms with Gasteiger partial charge in [-0.25, -0.2) is 4.98 Å². The minimum absolute atomic E-state index is 0. The molecule has 1 atom stereocenters. The van der Waals surface area contributed by atoms with E-state index in [9.17, 15) is 4.79 Å². The van der Waals surface area contributed by atoms with Crippen LogP contribution in [0, 0.1) is 0 Å². The van der Waals surface area contributed by atoms with Crippen molar-refractivity contribution < 1.29 is 4.79 Å². The molecule has 7 heteroatoms. The Morgan fingerprint density at radius 1 is 1.26 bits per heavy atom. The number of thiazole rings is 1. The van der Waals surface area contributed by atoms with Gasteiger partial charge in [0.15, 0.2) is 0 Å². The Morgan fingerprint density at radius 3 is 2.39 bits per heavy atom. The summed E-state index contributed by atoms with van der Waals surface area (Å²) in [6.07, 6.45) is 0. The Hall–Kier alpha value is -1.14. The van der Waals surface area contributed by atoms with Crippen LogP contribution in [0.15, 0.2) is 35.7 Å². The molecular formula is C16H23Cl2N3OS. The first-order valence-electron chi connectivity index (χ1n) is 6.91. The minimum atomic E-state index is -0.645. The van der Waals surface area contributed by atoms with Crippen molar-refractivity contribution >= 4 is 42.1 Å². The van der Waals surface area contributed by atoms with Crippen LogP contribution in [-0.4, -0.2) is 10.9 Å². The Labute approximate surface area is 153 Å². The highest BCUT2D eigenvalue weighted by molar-refractivity contribution is 7.09. The van der Waals surface area contributed by atoms with Crippen LogP contribution in [0.25, 0.3) is 0 Å². The first-order chi connectivity index (χ1) is 9.88. The van der Waals surface area contributed by atoms with E-state index >= 15 is 0 Å². The summed E-state index contributed by atoms with van der Waals surface area (Å²) in [5, 5.41) is 5.78. The summed E-state index contributed by atoms with van der Waals surface area (Å²) in [7, 11) is 0. The largest absolute Gasteiger partial charge is 0.348 e. The van der Waals surface area contributed by atoms with E-state index < -0.39 is 6.04 Å². The van der Waals surface area contributed by atoms with Gasteiger partial charge in [0.1, 0.15) is 11.0 Å². The van der Waals surface area contributed by atoms with E-state index in [2.05, 4.69) is 31.1 Å². The molecule has 1 heterocycles. The summed E-state index contributed by atoms with van der Waals surface area (Å²) in [5.74, 6) is -0.186. The van der Waals surface area contributed by atoms with Crippen LogP contribution < -0.4 is 11.1 Å². The van der Waals surface area contributed by atoms with Crippen molar-refractivity contribution in [3.05, 3.63) is 52.0 Å². The van der Waals surface area contributed by atoms with E-state index in [1.165, 1.54) is 0 Å². The molecule has 0 spiro atoms. The first kappa shape index (κ1) is 21.9. The smallest absolute Gasteiger partial charge is 0.241 e. The monoisotopic (exact) mass is 375 g/mol. The molecule has 2 rings (SSSR count). The number of nitrogens with zero attached hydrogens (tertiary/aromatic N) is 1. The number of rotatable bonds is 4. The zero-order valence-corrected chi connectivity index (χ0v) is 15.9. The number of aromatic nitrogens is 1. The lowest BCUT2D eigenvalue weighted by Crippen LogP contribution is -2.33. The number of nitrogens with two attached hydrogens (primary N) is 1. The Balaban J connectivity index is 0.00000242. The molecule has 23 heavy (non-hydrogen) atoms. The fraction of sp³-hybridized carbons (Fsp3) is 0.375. The van der Waals surface area contributed by atoms with Gasteiger partial charge in [-0.05, 0) is 5.56 Å². The number of hydrogen-bond acceptors (Lipinski definition) is 4. The van der Waals surface area contributed by atoms with Crippen molar-refractivity contribution in [1.29, 1.82) is 0 Å². The molecule has 3 N–H and O–H groups in total. The Morgan fingerprint density at radius 2 is 1.87 bits per heavy atom. The number of nitrogens with one attached hydrogen (secondary N) is 1. The van der Waals surface area contributed by atoms with Gasteiger partial charge in [0.25, 0.3) is 0 Å². The molecule has 0 saturated heterocycles. The second-order valence-electron chi connectivity index (χ2n) is 5.98. The highest BCUT2D eigenvalue weighted by Crippen LogP contribution is 2.23. The molecule has 0 aliphatic carbocycles. The van der Waals surface area contributed by atoms with Gasteiger partial charge in [0, 0.05) is 10.8 Å². The molecule has 0 aliphatic heterocycles. The molecule has 0 fully saturated rings. The molecular weight excluding hydrogens is 353 g/mol. The second-order valence-corrected chi connectivity index (χ2v) is 6.93. The highest BCUT2D eigenvalue weighted by atomic mass is 35.5. The molecule has 0 aliphatic rings.